The molecular formula is C9H7N3O2S2. The molecule has 1 aliphatic rings. The molecule has 2 heterocycles. The highest BCUT2D eigenvalue weighted by Crippen LogP contribution is 2.35. The number of fused-ring (bicyclic) bond motifs is 1. The summed E-state index contributed by atoms with van der Waals surface area (Å²) < 4.78 is 11.1. The third kappa shape index (κ3) is 1.74. The van der Waals surface area contributed by atoms with Gasteiger partial charge in [0.1, 0.15) is 0 Å². The van der Waals surface area contributed by atoms with Crippen molar-refractivity contribution in [3.05, 3.63) is 22.2 Å². The molecule has 1 aliphatic heterocycles. The van der Waals surface area contributed by atoms with Crippen LogP contribution >= 0.6 is 23.6 Å². The summed E-state index contributed by atoms with van der Waals surface area (Å²) in [5, 5.41) is 10.6. The molecule has 7 heteroatoms. The van der Waals surface area contributed by atoms with Crippen molar-refractivity contribution in [1.82, 2.24) is 10.2 Å². The summed E-state index contributed by atoms with van der Waals surface area (Å²) in [5.41, 5.74) is 0.891. The Morgan fingerprint density at radius 2 is 2.25 bits per heavy atom. The van der Waals surface area contributed by atoms with E-state index >= 15 is 0 Å². The third-order valence-electron chi connectivity index (χ3n) is 2.06. The predicted molar refractivity (Wildman–Crippen MR) is 63.1 cm³/mol. The molecule has 3 rings (SSSR count). The topological polar surface area (TPSA) is 59.2 Å². The molecule has 16 heavy (non-hydrogen) atoms. The molecule has 2 N–H and O–H groups in total. The van der Waals surface area contributed by atoms with Crippen LogP contribution in [0.25, 0.3) is 0 Å². The zero-order valence-electron chi connectivity index (χ0n) is 8.02. The zero-order valence-corrected chi connectivity index (χ0v) is 9.65. The number of benzene rings is 1. The largest absolute Gasteiger partial charge is 0.454 e. The lowest BCUT2D eigenvalue weighted by Gasteiger charge is -2.02. The average Bonchev–Trinajstić information content (AvgIpc) is 2.87. The SMILES string of the molecule is S=c1[nH]nc(Nc2ccc3c(c2)OCO3)s1. The fourth-order valence-electron chi connectivity index (χ4n) is 1.38. The number of aromatic amines is 1. The van der Waals surface area contributed by atoms with Crippen molar-refractivity contribution in [2.24, 2.45) is 0 Å². The van der Waals surface area contributed by atoms with Crippen molar-refractivity contribution in [1.29, 1.82) is 0 Å². The van der Waals surface area contributed by atoms with Crippen molar-refractivity contribution in [3.8, 4) is 11.5 Å². The first-order chi connectivity index (χ1) is 7.81. The fraction of sp³-hybridized carbons (Fsp3) is 0.111. The molecule has 0 spiro atoms. The summed E-state index contributed by atoms with van der Waals surface area (Å²) in [6.07, 6.45) is 0. The number of ether oxygens (including phenoxy) is 2. The van der Waals surface area contributed by atoms with Crippen LogP contribution in [0.3, 0.4) is 0 Å². The maximum atomic E-state index is 5.27. The average molecular weight is 253 g/mol. The molecule has 0 amide bonds. The van der Waals surface area contributed by atoms with Gasteiger partial charge < -0.3 is 14.8 Å². The molecule has 0 radical (unpaired) electrons. The van der Waals surface area contributed by atoms with Gasteiger partial charge in [-0.1, -0.05) is 11.3 Å². The Balaban J connectivity index is 1.88. The van der Waals surface area contributed by atoms with Crippen LogP contribution in [0.1, 0.15) is 0 Å². The monoisotopic (exact) mass is 253 g/mol. The van der Waals surface area contributed by atoms with Crippen molar-refractivity contribution < 1.29 is 9.47 Å². The minimum atomic E-state index is 0.278. The number of aromatic nitrogens is 2. The Labute approximate surface area is 100 Å². The molecule has 1 aromatic heterocycles. The van der Waals surface area contributed by atoms with Crippen LogP contribution in [-0.2, 0) is 0 Å². The van der Waals surface area contributed by atoms with Crippen LogP contribution in [0, 0.1) is 3.95 Å². The fourth-order valence-corrected chi connectivity index (χ4v) is 2.19. The number of H-pyrrole nitrogens is 1. The molecule has 82 valence electrons. The van der Waals surface area contributed by atoms with Gasteiger partial charge in [0.2, 0.25) is 11.9 Å². The number of nitrogens with one attached hydrogen (secondary N) is 2. The third-order valence-corrected chi connectivity index (χ3v) is 3.07. The van der Waals surface area contributed by atoms with E-state index in [-0.39, 0.29) is 6.79 Å². The molecular weight excluding hydrogens is 246 g/mol. The van der Waals surface area contributed by atoms with E-state index in [1.807, 2.05) is 18.2 Å². The number of hydrogen-bond acceptors (Lipinski definition) is 6. The predicted octanol–water partition coefficient (Wildman–Crippen LogP) is 2.67. The summed E-state index contributed by atoms with van der Waals surface area (Å²) in [5.74, 6) is 1.50. The highest BCUT2D eigenvalue weighted by Gasteiger charge is 2.13. The number of hydrogen-bond donors (Lipinski definition) is 2. The van der Waals surface area contributed by atoms with Crippen LogP contribution in [0.4, 0.5) is 10.8 Å². The normalized spacial score (nSPS) is 12.8. The summed E-state index contributed by atoms with van der Waals surface area (Å²) in [7, 11) is 0. The summed E-state index contributed by atoms with van der Waals surface area (Å²) in [6, 6.07) is 5.63. The van der Waals surface area contributed by atoms with Gasteiger partial charge in [0, 0.05) is 11.8 Å². The Hall–Kier alpha value is -1.60. The van der Waals surface area contributed by atoms with E-state index in [1.54, 1.807) is 0 Å². The van der Waals surface area contributed by atoms with Gasteiger partial charge in [0.25, 0.3) is 0 Å². The Morgan fingerprint density at radius 1 is 1.38 bits per heavy atom. The first kappa shape index (κ1) is 9.61. The molecule has 0 fully saturated rings. The Bertz CT molecular complexity index is 578. The van der Waals surface area contributed by atoms with E-state index in [9.17, 15) is 0 Å². The summed E-state index contributed by atoms with van der Waals surface area (Å²) in [6.45, 7) is 0.278. The highest BCUT2D eigenvalue weighted by atomic mass is 32.1. The second-order valence-electron chi connectivity index (χ2n) is 3.11. The van der Waals surface area contributed by atoms with E-state index in [0.29, 0.717) is 3.95 Å². The van der Waals surface area contributed by atoms with Crippen molar-refractivity contribution >= 4 is 34.4 Å². The molecule has 2 aromatic rings. The molecule has 0 saturated heterocycles. The Kier molecular flexibility index (Phi) is 2.26. The summed E-state index contributed by atoms with van der Waals surface area (Å²) >= 11 is 6.33. The molecule has 5 nitrogen and oxygen atoms in total. The van der Waals surface area contributed by atoms with Crippen LogP contribution in [0.15, 0.2) is 18.2 Å². The van der Waals surface area contributed by atoms with E-state index in [4.69, 9.17) is 21.7 Å². The number of anilines is 2. The van der Waals surface area contributed by atoms with Gasteiger partial charge in [-0.3, -0.25) is 5.10 Å². The van der Waals surface area contributed by atoms with Gasteiger partial charge in [0.15, 0.2) is 15.5 Å². The quantitative estimate of drug-likeness (QED) is 0.806. The molecule has 0 saturated carbocycles. The lowest BCUT2D eigenvalue weighted by molar-refractivity contribution is 0.174. The van der Waals surface area contributed by atoms with E-state index < -0.39 is 0 Å². The van der Waals surface area contributed by atoms with Gasteiger partial charge in [-0.25, -0.2) is 0 Å². The van der Waals surface area contributed by atoms with Crippen LogP contribution in [-0.4, -0.2) is 17.0 Å². The zero-order chi connectivity index (χ0) is 11.0. The number of nitrogens with zero attached hydrogens (tertiary/aromatic N) is 1. The van der Waals surface area contributed by atoms with Crippen molar-refractivity contribution in [2.45, 2.75) is 0 Å². The van der Waals surface area contributed by atoms with E-state index in [2.05, 4.69) is 15.5 Å². The van der Waals surface area contributed by atoms with Gasteiger partial charge in [-0.15, -0.1) is 5.10 Å². The van der Waals surface area contributed by atoms with Crippen LogP contribution in [0.5, 0.6) is 11.5 Å². The van der Waals surface area contributed by atoms with E-state index in [1.165, 1.54) is 11.3 Å². The maximum Gasteiger partial charge on any atom is 0.231 e. The minimum absolute atomic E-state index is 0.278. The highest BCUT2D eigenvalue weighted by molar-refractivity contribution is 7.73. The molecule has 1 aromatic carbocycles. The van der Waals surface area contributed by atoms with Gasteiger partial charge in [0.05, 0.1) is 0 Å². The molecule has 0 bridgehead atoms. The Morgan fingerprint density at radius 3 is 3.06 bits per heavy atom. The maximum absolute atomic E-state index is 5.27. The van der Waals surface area contributed by atoms with Gasteiger partial charge in [-0.05, 0) is 24.4 Å². The lowest BCUT2D eigenvalue weighted by Crippen LogP contribution is -1.93. The molecule has 0 aliphatic carbocycles. The second-order valence-corrected chi connectivity index (χ2v) is 4.78. The number of rotatable bonds is 2. The second kappa shape index (κ2) is 3.76. The van der Waals surface area contributed by atoms with Crippen molar-refractivity contribution in [2.75, 3.05) is 12.1 Å². The van der Waals surface area contributed by atoms with Gasteiger partial charge >= 0.3 is 0 Å². The lowest BCUT2D eigenvalue weighted by atomic mass is 10.3. The smallest absolute Gasteiger partial charge is 0.231 e. The van der Waals surface area contributed by atoms with Crippen LogP contribution in [0.2, 0.25) is 0 Å². The minimum Gasteiger partial charge on any atom is -0.454 e. The van der Waals surface area contributed by atoms with Crippen LogP contribution < -0.4 is 14.8 Å². The molecule has 0 atom stereocenters. The standard InChI is InChI=1S/C9H7N3O2S2/c15-9-12-11-8(16-9)10-5-1-2-6-7(3-5)14-4-13-6/h1-3H,4H2,(H,10,11)(H,12,15). The van der Waals surface area contributed by atoms with Gasteiger partial charge in [-0.2, -0.15) is 0 Å². The first-order valence-corrected chi connectivity index (χ1v) is 5.76. The molecule has 0 unspecified atom stereocenters. The van der Waals surface area contributed by atoms with Crippen molar-refractivity contribution in [3.63, 3.8) is 0 Å². The summed E-state index contributed by atoms with van der Waals surface area (Å²) in [4.78, 5) is 0. The van der Waals surface area contributed by atoms with E-state index in [0.717, 1.165) is 22.3 Å². The first-order valence-electron chi connectivity index (χ1n) is 4.53.